The van der Waals surface area contributed by atoms with Crippen molar-refractivity contribution >= 4 is 23.5 Å². The second-order valence-corrected chi connectivity index (χ2v) is 7.82. The minimum atomic E-state index is -0.220. The number of rotatable bonds is 6. The third-order valence-corrected chi connectivity index (χ3v) is 5.59. The zero-order valence-electron chi connectivity index (χ0n) is 15.9. The number of pyridine rings is 2. The van der Waals surface area contributed by atoms with Crippen LogP contribution in [0, 0.1) is 0 Å². The maximum atomic E-state index is 11.9. The van der Waals surface area contributed by atoms with Gasteiger partial charge in [0.05, 0.1) is 18.1 Å². The number of nitrogens with one attached hydrogen (secondary N) is 2. The van der Waals surface area contributed by atoms with Crippen LogP contribution >= 0.6 is 11.8 Å². The van der Waals surface area contributed by atoms with Crippen LogP contribution in [0.25, 0.3) is 5.69 Å². The van der Waals surface area contributed by atoms with Crippen molar-refractivity contribution < 1.29 is 5.11 Å². The highest BCUT2D eigenvalue weighted by molar-refractivity contribution is 7.98. The van der Waals surface area contributed by atoms with E-state index in [0.29, 0.717) is 23.7 Å². The molecule has 0 saturated heterocycles. The fraction of sp³-hybridized carbons (Fsp3) is 0.300. The van der Waals surface area contributed by atoms with E-state index in [0.717, 1.165) is 30.0 Å². The molecule has 29 heavy (non-hydrogen) atoms. The van der Waals surface area contributed by atoms with Crippen molar-refractivity contribution in [1.29, 1.82) is 0 Å². The molecule has 0 bridgehead atoms. The fourth-order valence-electron chi connectivity index (χ4n) is 3.42. The average Bonchev–Trinajstić information content (AvgIpc) is 3.18. The van der Waals surface area contributed by atoms with E-state index in [4.69, 9.17) is 0 Å². The molecule has 8 nitrogen and oxygen atoms in total. The summed E-state index contributed by atoms with van der Waals surface area (Å²) in [5, 5.41) is 16.4. The summed E-state index contributed by atoms with van der Waals surface area (Å²) in [5.74, 6) is 1.45. The SMILES string of the molecule is CSc1cnc(N[C@H]2CC[C@@H](Nc3ccc(-n4cc(O)ccc4=O)cn3)C2)nc1. The van der Waals surface area contributed by atoms with Crippen LogP contribution in [0.2, 0.25) is 0 Å². The van der Waals surface area contributed by atoms with Gasteiger partial charge >= 0.3 is 0 Å². The second-order valence-electron chi connectivity index (χ2n) is 6.94. The van der Waals surface area contributed by atoms with E-state index < -0.39 is 0 Å². The molecule has 1 aliphatic rings. The largest absolute Gasteiger partial charge is 0.506 e. The van der Waals surface area contributed by atoms with Gasteiger partial charge < -0.3 is 15.7 Å². The Hall–Kier alpha value is -3.07. The molecule has 1 fully saturated rings. The van der Waals surface area contributed by atoms with Crippen LogP contribution in [-0.4, -0.2) is 43.0 Å². The summed E-state index contributed by atoms with van der Waals surface area (Å²) in [6.45, 7) is 0. The number of hydrogen-bond donors (Lipinski definition) is 3. The van der Waals surface area contributed by atoms with Crippen LogP contribution in [0.5, 0.6) is 5.75 Å². The first kappa shape index (κ1) is 19.3. The quantitative estimate of drug-likeness (QED) is 0.533. The lowest BCUT2D eigenvalue weighted by atomic mass is 10.2. The summed E-state index contributed by atoms with van der Waals surface area (Å²) >= 11 is 1.62. The lowest BCUT2D eigenvalue weighted by Crippen LogP contribution is -2.22. The van der Waals surface area contributed by atoms with Gasteiger partial charge in [0.1, 0.15) is 11.6 Å². The Bertz CT molecular complexity index is 1020. The molecule has 0 amide bonds. The molecular formula is C20H22N6O2S. The van der Waals surface area contributed by atoms with Crippen LogP contribution in [0.15, 0.2) is 58.7 Å². The lowest BCUT2D eigenvalue weighted by Gasteiger charge is -2.15. The van der Waals surface area contributed by atoms with Gasteiger partial charge in [0, 0.05) is 35.4 Å². The molecule has 3 heterocycles. The van der Waals surface area contributed by atoms with Gasteiger partial charge in [0.15, 0.2) is 0 Å². The molecule has 3 N–H and O–H groups in total. The Balaban J connectivity index is 1.35. The number of aromatic nitrogens is 4. The van der Waals surface area contributed by atoms with E-state index in [1.165, 1.54) is 22.9 Å². The maximum absolute atomic E-state index is 11.9. The van der Waals surface area contributed by atoms with Gasteiger partial charge in [-0.15, -0.1) is 11.8 Å². The van der Waals surface area contributed by atoms with Gasteiger partial charge in [-0.1, -0.05) is 0 Å². The molecule has 4 rings (SSSR count). The summed E-state index contributed by atoms with van der Waals surface area (Å²) in [4.78, 5) is 26.1. The monoisotopic (exact) mass is 410 g/mol. The number of aromatic hydroxyl groups is 1. The van der Waals surface area contributed by atoms with Gasteiger partial charge in [0.25, 0.3) is 5.56 Å². The normalized spacial score (nSPS) is 18.5. The van der Waals surface area contributed by atoms with Crippen molar-refractivity contribution in [3.8, 4) is 11.4 Å². The zero-order valence-corrected chi connectivity index (χ0v) is 16.8. The zero-order chi connectivity index (χ0) is 20.2. The number of hydrogen-bond acceptors (Lipinski definition) is 8. The molecule has 3 aromatic heterocycles. The van der Waals surface area contributed by atoms with Crippen molar-refractivity contribution in [1.82, 2.24) is 19.5 Å². The molecule has 9 heteroatoms. The van der Waals surface area contributed by atoms with Crippen molar-refractivity contribution in [3.63, 3.8) is 0 Å². The van der Waals surface area contributed by atoms with Gasteiger partial charge in [-0.25, -0.2) is 15.0 Å². The van der Waals surface area contributed by atoms with Gasteiger partial charge in [-0.2, -0.15) is 0 Å². The maximum Gasteiger partial charge on any atom is 0.255 e. The average molecular weight is 411 g/mol. The van der Waals surface area contributed by atoms with Crippen LogP contribution < -0.4 is 16.2 Å². The Morgan fingerprint density at radius 1 is 1.03 bits per heavy atom. The highest BCUT2D eigenvalue weighted by Gasteiger charge is 2.25. The van der Waals surface area contributed by atoms with E-state index in [2.05, 4.69) is 25.6 Å². The molecule has 0 unspecified atom stereocenters. The van der Waals surface area contributed by atoms with Crippen molar-refractivity contribution in [2.45, 2.75) is 36.2 Å². The van der Waals surface area contributed by atoms with E-state index in [1.54, 1.807) is 18.0 Å². The summed E-state index contributed by atoms with van der Waals surface area (Å²) in [6.07, 6.45) is 11.7. The highest BCUT2D eigenvalue weighted by atomic mass is 32.2. The Morgan fingerprint density at radius 3 is 2.48 bits per heavy atom. The summed E-state index contributed by atoms with van der Waals surface area (Å²) in [6, 6.07) is 6.97. The minimum Gasteiger partial charge on any atom is -0.506 e. The van der Waals surface area contributed by atoms with E-state index in [1.807, 2.05) is 30.8 Å². The third kappa shape index (κ3) is 4.68. The van der Waals surface area contributed by atoms with Crippen molar-refractivity contribution in [2.24, 2.45) is 0 Å². The van der Waals surface area contributed by atoms with Crippen LogP contribution in [-0.2, 0) is 0 Å². The fourth-order valence-corrected chi connectivity index (χ4v) is 3.74. The van der Waals surface area contributed by atoms with Gasteiger partial charge in [0.2, 0.25) is 5.95 Å². The topological polar surface area (TPSA) is 105 Å². The third-order valence-electron chi connectivity index (χ3n) is 4.90. The molecule has 0 aromatic carbocycles. The van der Waals surface area contributed by atoms with Crippen LogP contribution in [0.3, 0.4) is 0 Å². The molecule has 1 saturated carbocycles. The summed E-state index contributed by atoms with van der Waals surface area (Å²) in [7, 11) is 0. The van der Waals surface area contributed by atoms with E-state index >= 15 is 0 Å². The summed E-state index contributed by atoms with van der Waals surface area (Å²) < 4.78 is 1.37. The molecule has 1 aliphatic carbocycles. The number of nitrogens with zero attached hydrogens (tertiary/aromatic N) is 4. The second kappa shape index (κ2) is 8.52. The minimum absolute atomic E-state index is 0.0309. The number of anilines is 2. The lowest BCUT2D eigenvalue weighted by molar-refractivity contribution is 0.470. The first-order valence-electron chi connectivity index (χ1n) is 9.38. The van der Waals surface area contributed by atoms with E-state index in [-0.39, 0.29) is 11.3 Å². The molecule has 0 radical (unpaired) electrons. The molecule has 2 atom stereocenters. The first-order valence-corrected chi connectivity index (χ1v) is 10.6. The standard InChI is InChI=1S/C20H22N6O2S/c1-29-17-10-22-20(23-11-17)25-14-3-2-13(8-14)24-18-6-4-15(9-21-18)26-12-16(27)5-7-19(26)28/h4-7,9-14,27H,2-3,8H2,1H3,(H,21,24)(H,22,23,25)/t13-,14+/m1/s1. The van der Waals surface area contributed by atoms with E-state index in [9.17, 15) is 9.90 Å². The van der Waals surface area contributed by atoms with Gasteiger partial charge in [-0.05, 0) is 43.7 Å². The smallest absolute Gasteiger partial charge is 0.255 e. The van der Waals surface area contributed by atoms with Gasteiger partial charge in [-0.3, -0.25) is 9.36 Å². The predicted molar refractivity (Wildman–Crippen MR) is 114 cm³/mol. The Labute approximate surface area is 172 Å². The predicted octanol–water partition coefficient (Wildman–Crippen LogP) is 2.90. The first-order chi connectivity index (χ1) is 14.1. The van der Waals surface area contributed by atoms with Crippen molar-refractivity contribution in [3.05, 3.63) is 59.4 Å². The van der Waals surface area contributed by atoms with Crippen molar-refractivity contribution in [2.75, 3.05) is 16.9 Å². The Kier molecular flexibility index (Phi) is 5.66. The molecule has 150 valence electrons. The Morgan fingerprint density at radius 2 is 1.79 bits per heavy atom. The van der Waals surface area contributed by atoms with Crippen LogP contribution in [0.4, 0.5) is 11.8 Å². The molecular weight excluding hydrogens is 388 g/mol. The molecule has 3 aromatic rings. The molecule has 0 spiro atoms. The van der Waals surface area contributed by atoms with Crippen LogP contribution in [0.1, 0.15) is 19.3 Å². The number of thioether (sulfide) groups is 1. The summed E-state index contributed by atoms with van der Waals surface area (Å²) in [5.41, 5.74) is 0.385. The highest BCUT2D eigenvalue weighted by Crippen LogP contribution is 2.25. The molecule has 0 aliphatic heterocycles.